The average molecular weight is 556 g/mol. The monoisotopic (exact) mass is 555 g/mol. The van der Waals surface area contributed by atoms with Gasteiger partial charge in [-0.25, -0.2) is 0 Å². The van der Waals surface area contributed by atoms with Crippen molar-refractivity contribution in [3.63, 3.8) is 0 Å². The second-order valence-electron chi connectivity index (χ2n) is 12.0. The van der Waals surface area contributed by atoms with Gasteiger partial charge in [-0.1, -0.05) is 30.8 Å². The maximum atomic E-state index is 12.5. The van der Waals surface area contributed by atoms with Crippen LogP contribution in [0.3, 0.4) is 0 Å². The summed E-state index contributed by atoms with van der Waals surface area (Å²) in [5.41, 5.74) is 5.04. The van der Waals surface area contributed by atoms with Crippen molar-refractivity contribution in [2.75, 3.05) is 37.7 Å². The summed E-state index contributed by atoms with van der Waals surface area (Å²) in [5, 5.41) is 9.53. The second-order valence-corrected chi connectivity index (χ2v) is 12.0. The van der Waals surface area contributed by atoms with Crippen LogP contribution in [0.5, 0.6) is 6.01 Å². The minimum absolute atomic E-state index is 0.126. The fourth-order valence-corrected chi connectivity index (χ4v) is 7.32. The Hall–Kier alpha value is -3.48. The van der Waals surface area contributed by atoms with Gasteiger partial charge in [0.15, 0.2) is 0 Å². The molecule has 0 saturated carbocycles. The van der Waals surface area contributed by atoms with E-state index < -0.39 is 0 Å². The fourth-order valence-electron chi connectivity index (χ4n) is 7.32. The molecule has 41 heavy (non-hydrogen) atoms. The molecule has 216 valence electrons. The van der Waals surface area contributed by atoms with Crippen LogP contribution in [0, 0.1) is 11.3 Å². The van der Waals surface area contributed by atoms with E-state index in [1.807, 2.05) is 0 Å². The van der Waals surface area contributed by atoms with Crippen molar-refractivity contribution in [3.8, 4) is 12.1 Å². The smallest absolute Gasteiger partial charge is 0.318 e. The molecule has 2 saturated heterocycles. The molecule has 3 aliphatic heterocycles. The van der Waals surface area contributed by atoms with Crippen LogP contribution in [0.4, 0.5) is 5.82 Å². The molecule has 0 N–H and O–H groups in total. The Bertz CT molecular complexity index is 1340. The number of ether oxygens (including phenoxy) is 1. The Kier molecular flexibility index (Phi) is 7.96. The molecule has 4 aliphatic rings. The van der Waals surface area contributed by atoms with Crippen LogP contribution in [0.15, 0.2) is 36.9 Å². The first-order valence-electron chi connectivity index (χ1n) is 15.1. The highest BCUT2D eigenvalue weighted by molar-refractivity contribution is 5.87. The number of rotatable bonds is 8. The molecular formula is C32H41N7O2. The highest BCUT2D eigenvalue weighted by Crippen LogP contribution is 2.42. The van der Waals surface area contributed by atoms with Crippen molar-refractivity contribution >= 4 is 11.7 Å². The van der Waals surface area contributed by atoms with Crippen molar-refractivity contribution in [1.29, 1.82) is 5.26 Å². The molecule has 2 aromatic rings. The number of nitrogens with zero attached hydrogens (tertiary/aromatic N) is 7. The van der Waals surface area contributed by atoms with E-state index in [4.69, 9.17) is 14.7 Å². The summed E-state index contributed by atoms with van der Waals surface area (Å²) >= 11 is 0. The van der Waals surface area contributed by atoms with E-state index in [9.17, 15) is 10.1 Å². The van der Waals surface area contributed by atoms with Crippen LogP contribution < -0.4 is 9.64 Å². The van der Waals surface area contributed by atoms with Gasteiger partial charge in [0.2, 0.25) is 5.91 Å². The zero-order chi connectivity index (χ0) is 28.5. The Labute approximate surface area is 243 Å². The summed E-state index contributed by atoms with van der Waals surface area (Å²) < 4.78 is 6.36. The molecule has 9 heteroatoms. The lowest BCUT2D eigenvalue weighted by atomic mass is 10.1. The number of carbonyl (C=O) groups excluding carboxylic acids is 1. The second kappa shape index (κ2) is 11.8. The molecule has 9 nitrogen and oxygen atoms in total. The van der Waals surface area contributed by atoms with Crippen molar-refractivity contribution in [1.82, 2.24) is 24.7 Å². The van der Waals surface area contributed by atoms with Crippen LogP contribution in [0.25, 0.3) is 0 Å². The highest BCUT2D eigenvalue weighted by Gasteiger charge is 2.38. The van der Waals surface area contributed by atoms with Crippen LogP contribution in [0.2, 0.25) is 0 Å². The van der Waals surface area contributed by atoms with Gasteiger partial charge in [0.25, 0.3) is 0 Å². The largest absolute Gasteiger partial charge is 0.462 e. The zero-order valence-electron chi connectivity index (χ0n) is 24.3. The number of likely N-dealkylation sites (tertiary alicyclic amines) is 1. The molecule has 1 aromatic carbocycles. The van der Waals surface area contributed by atoms with Crippen molar-refractivity contribution < 1.29 is 9.53 Å². The summed E-state index contributed by atoms with van der Waals surface area (Å²) in [7, 11) is 0. The van der Waals surface area contributed by atoms with Crippen LogP contribution in [-0.2, 0) is 24.3 Å². The third kappa shape index (κ3) is 5.43. The number of fused-ring (bicyclic) bond motifs is 2. The van der Waals surface area contributed by atoms with Gasteiger partial charge < -0.3 is 14.5 Å². The van der Waals surface area contributed by atoms with Crippen molar-refractivity contribution in [3.05, 3.63) is 59.3 Å². The van der Waals surface area contributed by atoms with Crippen LogP contribution in [-0.4, -0.2) is 81.5 Å². The number of piperazine rings is 1. The van der Waals surface area contributed by atoms with Gasteiger partial charge in [0, 0.05) is 56.4 Å². The maximum absolute atomic E-state index is 12.5. The number of carbonyl (C=O) groups is 1. The lowest BCUT2D eigenvalue weighted by Gasteiger charge is -2.41. The number of anilines is 1. The summed E-state index contributed by atoms with van der Waals surface area (Å²) in [4.78, 5) is 31.6. The molecule has 1 aliphatic carbocycles. The molecule has 1 unspecified atom stereocenters. The zero-order valence-corrected chi connectivity index (χ0v) is 24.3. The van der Waals surface area contributed by atoms with E-state index in [2.05, 4.69) is 65.5 Å². The van der Waals surface area contributed by atoms with Gasteiger partial charge in [-0.2, -0.15) is 15.2 Å². The predicted octanol–water partition coefficient (Wildman–Crippen LogP) is 3.85. The Morgan fingerprint density at radius 3 is 2.83 bits per heavy atom. The normalized spacial score (nSPS) is 24.4. The number of aryl methyl sites for hydroxylation is 1. The first-order chi connectivity index (χ1) is 20.0. The van der Waals surface area contributed by atoms with E-state index in [1.54, 1.807) is 4.90 Å². The predicted molar refractivity (Wildman–Crippen MR) is 157 cm³/mol. The standard InChI is InChI=1S/C32H41N7O2/c1-4-30(40)39-17-16-36(18-24(39)13-14-33)31-27-19-37(29-12-11-23-8-5-6-10-26(23)29)20-28(27)34-32(35-31)41-21-25-9-7-15-38(25)22(2)3/h4-6,8,10,22,24-25,29H,1,7,9,11-13,15-21H2,2-3H3/t24-,25-,29?/m0/s1. The first-order valence-corrected chi connectivity index (χ1v) is 15.1. The minimum Gasteiger partial charge on any atom is -0.462 e. The maximum Gasteiger partial charge on any atom is 0.318 e. The Morgan fingerprint density at radius 2 is 2.02 bits per heavy atom. The van der Waals surface area contributed by atoms with Gasteiger partial charge in [-0.05, 0) is 63.3 Å². The topological polar surface area (TPSA) is 88.8 Å². The lowest BCUT2D eigenvalue weighted by Crippen LogP contribution is -2.55. The van der Waals surface area contributed by atoms with Gasteiger partial charge in [0.05, 0.1) is 24.2 Å². The first kappa shape index (κ1) is 27.7. The van der Waals surface area contributed by atoms with Crippen molar-refractivity contribution in [2.24, 2.45) is 0 Å². The molecule has 1 amide bonds. The van der Waals surface area contributed by atoms with Gasteiger partial charge >= 0.3 is 6.01 Å². The van der Waals surface area contributed by atoms with Crippen LogP contribution >= 0.6 is 0 Å². The van der Waals surface area contributed by atoms with E-state index in [0.29, 0.717) is 50.4 Å². The average Bonchev–Trinajstić information content (AvgIpc) is 3.73. The van der Waals surface area contributed by atoms with Crippen molar-refractivity contribution in [2.45, 2.75) is 83.2 Å². The lowest BCUT2D eigenvalue weighted by molar-refractivity contribution is -0.128. The van der Waals surface area contributed by atoms with E-state index >= 15 is 0 Å². The molecule has 2 fully saturated rings. The highest BCUT2D eigenvalue weighted by atomic mass is 16.5. The molecule has 6 rings (SSSR count). The molecule has 0 bridgehead atoms. The number of amides is 1. The summed E-state index contributed by atoms with van der Waals surface area (Å²) in [6, 6.07) is 12.5. The molecular weight excluding hydrogens is 514 g/mol. The number of hydrogen-bond donors (Lipinski definition) is 0. The SMILES string of the molecule is C=CC(=O)N1CCN(c2nc(OC[C@@H]3CCCN3C(C)C)nc3c2CN(C2CCc4ccccc42)C3)C[C@@H]1CC#N. The van der Waals surface area contributed by atoms with Crippen LogP contribution in [0.1, 0.15) is 68.0 Å². The third-order valence-corrected chi connectivity index (χ3v) is 9.36. The van der Waals surface area contributed by atoms with Gasteiger partial charge in [-0.3, -0.25) is 14.6 Å². The minimum atomic E-state index is -0.216. The molecule has 0 spiro atoms. The number of aromatic nitrogens is 2. The Balaban J connectivity index is 1.28. The molecule has 1 aromatic heterocycles. The van der Waals surface area contributed by atoms with E-state index in [0.717, 1.165) is 56.0 Å². The number of hydrogen-bond acceptors (Lipinski definition) is 8. The fraction of sp³-hybridized carbons (Fsp3) is 0.562. The molecule has 4 heterocycles. The Morgan fingerprint density at radius 1 is 1.17 bits per heavy atom. The number of benzene rings is 1. The summed E-state index contributed by atoms with van der Waals surface area (Å²) in [6.45, 7) is 13.1. The van der Waals surface area contributed by atoms with Gasteiger partial charge in [0.1, 0.15) is 12.4 Å². The summed E-state index contributed by atoms with van der Waals surface area (Å²) in [5.74, 6) is 0.763. The quantitative estimate of drug-likeness (QED) is 0.454. The summed E-state index contributed by atoms with van der Waals surface area (Å²) in [6.07, 6.45) is 6.13. The van der Waals surface area contributed by atoms with E-state index in [-0.39, 0.29) is 18.4 Å². The van der Waals surface area contributed by atoms with E-state index in [1.165, 1.54) is 23.6 Å². The number of nitriles is 1. The third-order valence-electron chi connectivity index (χ3n) is 9.36. The molecule has 3 atom stereocenters. The molecule has 0 radical (unpaired) electrons. The van der Waals surface area contributed by atoms with Gasteiger partial charge in [-0.15, -0.1) is 0 Å².